The van der Waals surface area contributed by atoms with Crippen LogP contribution in [0.5, 0.6) is 0 Å². The van der Waals surface area contributed by atoms with E-state index in [1.165, 1.54) is 0 Å². The van der Waals surface area contributed by atoms with Gasteiger partial charge in [0, 0.05) is 18.9 Å². The molecule has 0 saturated carbocycles. The number of aliphatic hydroxyl groups is 1. The fourth-order valence-electron chi connectivity index (χ4n) is 0.991. The Kier molecular flexibility index (Phi) is 8.04. The third kappa shape index (κ3) is 5.38. The fourth-order valence-corrected chi connectivity index (χ4v) is 1.77. The summed E-state index contributed by atoms with van der Waals surface area (Å²) in [5, 5.41) is 20.2. The summed E-state index contributed by atoms with van der Waals surface area (Å²) < 4.78 is 0. The van der Waals surface area contributed by atoms with Crippen LogP contribution in [0.3, 0.4) is 0 Å². The van der Waals surface area contributed by atoms with Gasteiger partial charge in [0.1, 0.15) is 5.41 Å². The number of nitrogens with zero attached hydrogens (tertiary/aromatic N) is 1. The number of amides is 1. The van der Waals surface area contributed by atoms with Crippen LogP contribution in [-0.4, -0.2) is 35.7 Å². The van der Waals surface area contributed by atoms with Crippen molar-refractivity contribution in [3.8, 4) is 6.07 Å². The van der Waals surface area contributed by atoms with Crippen molar-refractivity contribution >= 4 is 17.7 Å². The maximum Gasteiger partial charge on any atom is 0.240 e. The number of aliphatic hydroxyl groups excluding tert-OH is 1. The van der Waals surface area contributed by atoms with Crippen molar-refractivity contribution in [3.05, 3.63) is 0 Å². The van der Waals surface area contributed by atoms with Gasteiger partial charge in [0.05, 0.1) is 6.07 Å². The first-order valence-electron chi connectivity index (χ1n) is 5.49. The van der Waals surface area contributed by atoms with E-state index in [2.05, 4.69) is 5.32 Å². The maximum absolute atomic E-state index is 11.6. The van der Waals surface area contributed by atoms with Crippen LogP contribution >= 0.6 is 11.8 Å². The van der Waals surface area contributed by atoms with Crippen LogP contribution in [0.4, 0.5) is 0 Å². The molecule has 0 saturated heterocycles. The Hall–Kier alpha value is -0.730. The molecule has 0 spiro atoms. The topological polar surface area (TPSA) is 73.1 Å². The minimum absolute atomic E-state index is 0.194. The summed E-state index contributed by atoms with van der Waals surface area (Å²) >= 11 is 1.69. The van der Waals surface area contributed by atoms with Gasteiger partial charge in [0.15, 0.2) is 0 Å². The lowest BCUT2D eigenvalue weighted by molar-refractivity contribution is -0.127. The largest absolute Gasteiger partial charge is 0.396 e. The summed E-state index contributed by atoms with van der Waals surface area (Å²) in [6, 6.07) is 2.04. The molecule has 2 N–H and O–H groups in total. The van der Waals surface area contributed by atoms with Gasteiger partial charge in [0.2, 0.25) is 5.91 Å². The van der Waals surface area contributed by atoms with Crippen LogP contribution < -0.4 is 5.32 Å². The summed E-state index contributed by atoms with van der Waals surface area (Å²) in [7, 11) is 0. The highest BCUT2D eigenvalue weighted by molar-refractivity contribution is 7.99. The lowest BCUT2D eigenvalue weighted by atomic mass is 9.88. The number of carbonyl (C=O) groups excluding carboxylic acids is 1. The van der Waals surface area contributed by atoms with Crippen LogP contribution in [-0.2, 0) is 4.79 Å². The van der Waals surface area contributed by atoms with E-state index in [0.29, 0.717) is 13.0 Å². The summed E-state index contributed by atoms with van der Waals surface area (Å²) in [6.45, 7) is 4.27. The summed E-state index contributed by atoms with van der Waals surface area (Å²) in [5.41, 5.74) is -0.907. The summed E-state index contributed by atoms with van der Waals surface area (Å²) in [6.07, 6.45) is 1.30. The van der Waals surface area contributed by atoms with E-state index in [9.17, 15) is 4.79 Å². The number of hydrogen-bond donors (Lipinski definition) is 2. The third-order valence-electron chi connectivity index (χ3n) is 2.43. The molecule has 0 fully saturated rings. The van der Waals surface area contributed by atoms with Crippen LogP contribution in [0.15, 0.2) is 0 Å². The number of rotatable bonds is 8. The first-order chi connectivity index (χ1) is 7.60. The van der Waals surface area contributed by atoms with Gasteiger partial charge in [-0.1, -0.05) is 6.92 Å². The first kappa shape index (κ1) is 15.3. The molecule has 0 aromatic rings. The van der Waals surface area contributed by atoms with Gasteiger partial charge in [0.25, 0.3) is 0 Å². The van der Waals surface area contributed by atoms with Crippen molar-refractivity contribution in [2.75, 3.05) is 24.7 Å². The molecule has 0 aromatic carbocycles. The van der Waals surface area contributed by atoms with Gasteiger partial charge in [-0.15, -0.1) is 0 Å². The average molecular weight is 244 g/mol. The SMILES string of the molecule is CCC(C)(C#N)C(=O)NCCSCCCO. The molecule has 0 aliphatic carbocycles. The van der Waals surface area contributed by atoms with Gasteiger partial charge < -0.3 is 10.4 Å². The molecule has 0 heterocycles. The highest BCUT2D eigenvalue weighted by Gasteiger charge is 2.30. The van der Waals surface area contributed by atoms with Gasteiger partial charge in [-0.25, -0.2) is 0 Å². The third-order valence-corrected chi connectivity index (χ3v) is 3.50. The Morgan fingerprint density at radius 2 is 2.25 bits per heavy atom. The molecule has 0 bridgehead atoms. The molecule has 0 aromatic heterocycles. The number of carbonyl (C=O) groups is 1. The molecular weight excluding hydrogens is 224 g/mol. The predicted octanol–water partition coefficient (Wildman–Crippen LogP) is 1.16. The van der Waals surface area contributed by atoms with Crippen molar-refractivity contribution in [3.63, 3.8) is 0 Å². The van der Waals surface area contributed by atoms with E-state index in [1.807, 2.05) is 13.0 Å². The van der Waals surface area contributed by atoms with E-state index in [1.54, 1.807) is 18.7 Å². The summed E-state index contributed by atoms with van der Waals surface area (Å²) in [5.74, 6) is 1.52. The highest BCUT2D eigenvalue weighted by atomic mass is 32.2. The van der Waals surface area contributed by atoms with E-state index in [0.717, 1.165) is 17.9 Å². The maximum atomic E-state index is 11.6. The number of thioether (sulfide) groups is 1. The number of nitrogens with one attached hydrogen (secondary N) is 1. The molecule has 92 valence electrons. The van der Waals surface area contributed by atoms with Crippen molar-refractivity contribution in [1.82, 2.24) is 5.32 Å². The standard InChI is InChI=1S/C11H20N2O2S/c1-3-11(2,9-12)10(15)13-5-8-16-7-4-6-14/h14H,3-8H2,1-2H3,(H,13,15). The molecule has 16 heavy (non-hydrogen) atoms. The minimum Gasteiger partial charge on any atom is -0.396 e. The molecule has 0 aliphatic heterocycles. The number of hydrogen-bond acceptors (Lipinski definition) is 4. The second-order valence-electron chi connectivity index (χ2n) is 3.74. The molecule has 1 atom stereocenters. The molecular formula is C11H20N2O2S. The van der Waals surface area contributed by atoms with Crippen LogP contribution in [0.1, 0.15) is 26.7 Å². The summed E-state index contributed by atoms with van der Waals surface area (Å²) in [4.78, 5) is 11.6. The lowest BCUT2D eigenvalue weighted by Crippen LogP contribution is -2.38. The Morgan fingerprint density at radius 3 is 2.75 bits per heavy atom. The highest BCUT2D eigenvalue weighted by Crippen LogP contribution is 2.19. The Morgan fingerprint density at radius 1 is 1.56 bits per heavy atom. The quantitative estimate of drug-likeness (QED) is 0.628. The van der Waals surface area contributed by atoms with E-state index < -0.39 is 5.41 Å². The first-order valence-corrected chi connectivity index (χ1v) is 6.64. The van der Waals surface area contributed by atoms with Gasteiger partial charge in [-0.05, 0) is 25.5 Å². The zero-order valence-corrected chi connectivity index (χ0v) is 10.8. The molecule has 0 aliphatic rings. The lowest BCUT2D eigenvalue weighted by Gasteiger charge is -2.18. The van der Waals surface area contributed by atoms with Crippen molar-refractivity contribution in [2.24, 2.45) is 5.41 Å². The molecule has 1 amide bonds. The van der Waals surface area contributed by atoms with E-state index >= 15 is 0 Å². The van der Waals surface area contributed by atoms with Crippen molar-refractivity contribution in [2.45, 2.75) is 26.7 Å². The van der Waals surface area contributed by atoms with Crippen LogP contribution in [0.25, 0.3) is 0 Å². The normalized spacial score (nSPS) is 13.9. The smallest absolute Gasteiger partial charge is 0.240 e. The Balaban J connectivity index is 3.70. The predicted molar refractivity (Wildman–Crippen MR) is 66.0 cm³/mol. The molecule has 0 radical (unpaired) electrons. The van der Waals surface area contributed by atoms with Crippen molar-refractivity contribution in [1.29, 1.82) is 5.26 Å². The zero-order valence-electron chi connectivity index (χ0n) is 9.95. The van der Waals surface area contributed by atoms with Crippen LogP contribution in [0.2, 0.25) is 0 Å². The van der Waals surface area contributed by atoms with Gasteiger partial charge in [-0.2, -0.15) is 17.0 Å². The molecule has 5 heteroatoms. The zero-order chi connectivity index (χ0) is 12.4. The molecule has 4 nitrogen and oxygen atoms in total. The van der Waals surface area contributed by atoms with E-state index in [-0.39, 0.29) is 12.5 Å². The Labute approximate surface area is 101 Å². The average Bonchev–Trinajstić information content (AvgIpc) is 2.32. The van der Waals surface area contributed by atoms with E-state index in [4.69, 9.17) is 10.4 Å². The van der Waals surface area contributed by atoms with Gasteiger partial charge >= 0.3 is 0 Å². The second-order valence-corrected chi connectivity index (χ2v) is 4.97. The number of nitriles is 1. The van der Waals surface area contributed by atoms with Crippen LogP contribution in [0, 0.1) is 16.7 Å². The van der Waals surface area contributed by atoms with Crippen molar-refractivity contribution < 1.29 is 9.90 Å². The second kappa shape index (κ2) is 8.43. The Bertz CT molecular complexity index is 253. The fraction of sp³-hybridized carbons (Fsp3) is 0.818. The van der Waals surface area contributed by atoms with Gasteiger partial charge in [-0.3, -0.25) is 4.79 Å². The molecule has 0 rings (SSSR count). The monoisotopic (exact) mass is 244 g/mol. The minimum atomic E-state index is -0.907. The molecule has 1 unspecified atom stereocenters.